The normalized spacial score (nSPS) is 11.5. The lowest BCUT2D eigenvalue weighted by Crippen LogP contribution is -1.99. The van der Waals surface area contributed by atoms with Crippen LogP contribution in [0.5, 0.6) is 0 Å². The molecule has 2 aromatic rings. The molecule has 0 aliphatic heterocycles. The fraction of sp³-hybridized carbons (Fsp3) is 0.364. The molecule has 2 rings (SSSR count). The van der Waals surface area contributed by atoms with Crippen LogP contribution in [0.15, 0.2) is 16.9 Å². The molecule has 0 unspecified atom stereocenters. The molecule has 0 spiro atoms. The topological polar surface area (TPSA) is 43.8 Å². The van der Waals surface area contributed by atoms with Crippen LogP contribution in [0.4, 0.5) is 5.69 Å². The molecule has 1 heterocycles. The van der Waals surface area contributed by atoms with E-state index in [2.05, 4.69) is 34.8 Å². The number of hydrogen-bond donors (Lipinski definition) is 1. The lowest BCUT2D eigenvalue weighted by molar-refractivity contribution is 0.876. The van der Waals surface area contributed by atoms with Crippen molar-refractivity contribution in [3.63, 3.8) is 0 Å². The van der Waals surface area contributed by atoms with Crippen molar-refractivity contribution in [3.05, 3.63) is 22.4 Å². The maximum Gasteiger partial charge on any atom is 0.0955 e. The summed E-state index contributed by atoms with van der Waals surface area (Å²) in [7, 11) is 1.99. The van der Waals surface area contributed by atoms with Gasteiger partial charge in [-0.2, -0.15) is 0 Å². The van der Waals surface area contributed by atoms with E-state index in [0.717, 1.165) is 26.8 Å². The monoisotopic (exact) mass is 267 g/mol. The lowest BCUT2D eigenvalue weighted by atomic mass is 9.99. The summed E-state index contributed by atoms with van der Waals surface area (Å²) in [6.45, 7) is 4.26. The SMILES string of the molecule is CC(C)c1c(N)c(Br)cc2c1ncn2C. The number of imidazole rings is 1. The van der Waals surface area contributed by atoms with Gasteiger partial charge in [0.05, 0.1) is 23.0 Å². The Bertz CT molecular complexity index is 514. The minimum Gasteiger partial charge on any atom is -0.398 e. The number of hydrogen-bond acceptors (Lipinski definition) is 2. The minimum atomic E-state index is 0.375. The van der Waals surface area contributed by atoms with Gasteiger partial charge in [0, 0.05) is 17.1 Å². The number of nitrogen functional groups attached to an aromatic ring is 1. The van der Waals surface area contributed by atoms with Gasteiger partial charge in [0.15, 0.2) is 0 Å². The molecule has 0 fully saturated rings. The first kappa shape index (κ1) is 10.5. The van der Waals surface area contributed by atoms with Crippen LogP contribution in [-0.4, -0.2) is 9.55 Å². The first-order valence-electron chi connectivity index (χ1n) is 4.91. The first-order valence-corrected chi connectivity index (χ1v) is 5.70. The summed E-state index contributed by atoms with van der Waals surface area (Å²) in [5, 5.41) is 0. The van der Waals surface area contributed by atoms with E-state index < -0.39 is 0 Å². The van der Waals surface area contributed by atoms with Gasteiger partial charge in [0.25, 0.3) is 0 Å². The quantitative estimate of drug-likeness (QED) is 0.808. The van der Waals surface area contributed by atoms with Gasteiger partial charge in [-0.25, -0.2) is 4.98 Å². The molecule has 15 heavy (non-hydrogen) atoms. The summed E-state index contributed by atoms with van der Waals surface area (Å²) in [5.41, 5.74) is 10.1. The van der Waals surface area contributed by atoms with Crippen molar-refractivity contribution in [1.29, 1.82) is 0 Å². The third-order valence-electron chi connectivity index (χ3n) is 2.63. The Kier molecular flexibility index (Phi) is 2.46. The second-order valence-corrected chi connectivity index (χ2v) is 4.92. The zero-order valence-electron chi connectivity index (χ0n) is 9.08. The molecule has 0 saturated carbocycles. The zero-order valence-corrected chi connectivity index (χ0v) is 10.7. The van der Waals surface area contributed by atoms with Crippen molar-refractivity contribution >= 4 is 32.7 Å². The number of aryl methyl sites for hydroxylation is 1. The number of nitrogens with zero attached hydrogens (tertiary/aromatic N) is 2. The van der Waals surface area contributed by atoms with Crippen molar-refractivity contribution in [2.75, 3.05) is 5.73 Å². The molecule has 1 aromatic heterocycles. The van der Waals surface area contributed by atoms with Crippen LogP contribution in [0.1, 0.15) is 25.3 Å². The van der Waals surface area contributed by atoms with E-state index in [-0.39, 0.29) is 0 Å². The molecule has 3 nitrogen and oxygen atoms in total. The number of nitrogens with two attached hydrogens (primary N) is 1. The molecule has 1 aromatic carbocycles. The van der Waals surface area contributed by atoms with E-state index in [1.165, 1.54) is 0 Å². The molecular formula is C11H14BrN3. The van der Waals surface area contributed by atoms with Crippen LogP contribution in [0.25, 0.3) is 11.0 Å². The van der Waals surface area contributed by atoms with E-state index in [1.807, 2.05) is 24.0 Å². The molecule has 80 valence electrons. The molecule has 0 radical (unpaired) electrons. The van der Waals surface area contributed by atoms with E-state index in [1.54, 1.807) is 0 Å². The highest BCUT2D eigenvalue weighted by Crippen LogP contribution is 2.35. The third kappa shape index (κ3) is 1.53. The maximum absolute atomic E-state index is 6.06. The van der Waals surface area contributed by atoms with Gasteiger partial charge >= 0.3 is 0 Å². The van der Waals surface area contributed by atoms with Gasteiger partial charge in [0.1, 0.15) is 0 Å². The van der Waals surface area contributed by atoms with Crippen LogP contribution in [-0.2, 0) is 7.05 Å². The van der Waals surface area contributed by atoms with Gasteiger partial charge in [-0.1, -0.05) is 13.8 Å². The van der Waals surface area contributed by atoms with Crippen LogP contribution in [0.3, 0.4) is 0 Å². The Morgan fingerprint density at radius 3 is 2.73 bits per heavy atom. The molecule has 0 bridgehead atoms. The fourth-order valence-corrected chi connectivity index (χ4v) is 2.29. The number of rotatable bonds is 1. The molecular weight excluding hydrogens is 254 g/mol. The lowest BCUT2D eigenvalue weighted by Gasteiger charge is -2.12. The first-order chi connectivity index (χ1) is 7.02. The van der Waals surface area contributed by atoms with Crippen LogP contribution < -0.4 is 5.73 Å². The van der Waals surface area contributed by atoms with Gasteiger partial charge in [-0.3, -0.25) is 0 Å². The van der Waals surface area contributed by atoms with Gasteiger partial charge < -0.3 is 10.3 Å². The average Bonchev–Trinajstić information content (AvgIpc) is 2.49. The van der Waals surface area contributed by atoms with Crippen molar-refractivity contribution < 1.29 is 0 Å². The number of anilines is 1. The summed E-state index contributed by atoms with van der Waals surface area (Å²) < 4.78 is 2.95. The average molecular weight is 268 g/mol. The van der Waals surface area contributed by atoms with Crippen molar-refractivity contribution in [3.8, 4) is 0 Å². The third-order valence-corrected chi connectivity index (χ3v) is 3.28. The molecule has 0 atom stereocenters. The van der Waals surface area contributed by atoms with Crippen molar-refractivity contribution in [1.82, 2.24) is 9.55 Å². The Morgan fingerprint density at radius 1 is 1.47 bits per heavy atom. The number of halogens is 1. The highest BCUT2D eigenvalue weighted by Gasteiger charge is 2.15. The van der Waals surface area contributed by atoms with E-state index in [4.69, 9.17) is 5.73 Å². The van der Waals surface area contributed by atoms with Gasteiger partial charge in [-0.05, 0) is 27.9 Å². The molecule has 0 amide bonds. The number of fused-ring (bicyclic) bond motifs is 1. The Labute approximate surface area is 97.4 Å². The summed E-state index contributed by atoms with van der Waals surface area (Å²) in [5.74, 6) is 0.375. The Hall–Kier alpha value is -1.03. The zero-order chi connectivity index (χ0) is 11.2. The Morgan fingerprint density at radius 2 is 2.13 bits per heavy atom. The summed E-state index contributed by atoms with van der Waals surface area (Å²) in [6.07, 6.45) is 1.82. The van der Waals surface area contributed by atoms with Crippen molar-refractivity contribution in [2.45, 2.75) is 19.8 Å². The summed E-state index contributed by atoms with van der Waals surface area (Å²) >= 11 is 3.49. The molecule has 2 N–H and O–H groups in total. The van der Waals surface area contributed by atoms with E-state index >= 15 is 0 Å². The predicted molar refractivity (Wildman–Crippen MR) is 66.9 cm³/mol. The number of benzene rings is 1. The van der Waals surface area contributed by atoms with Crippen molar-refractivity contribution in [2.24, 2.45) is 7.05 Å². The van der Waals surface area contributed by atoms with E-state index in [9.17, 15) is 0 Å². The second kappa shape index (κ2) is 3.52. The molecule has 0 saturated heterocycles. The summed E-state index contributed by atoms with van der Waals surface area (Å²) in [4.78, 5) is 4.40. The largest absolute Gasteiger partial charge is 0.398 e. The fourth-order valence-electron chi connectivity index (χ4n) is 1.86. The minimum absolute atomic E-state index is 0.375. The molecule has 0 aliphatic rings. The Balaban J connectivity index is 2.90. The molecule has 0 aliphatic carbocycles. The maximum atomic E-state index is 6.06. The number of aromatic nitrogens is 2. The van der Waals surface area contributed by atoms with E-state index in [0.29, 0.717) is 5.92 Å². The van der Waals surface area contributed by atoms with Crippen LogP contribution >= 0.6 is 15.9 Å². The summed E-state index contributed by atoms with van der Waals surface area (Å²) in [6, 6.07) is 2.02. The highest BCUT2D eigenvalue weighted by atomic mass is 79.9. The predicted octanol–water partition coefficient (Wildman–Crippen LogP) is 3.04. The highest BCUT2D eigenvalue weighted by molar-refractivity contribution is 9.10. The van der Waals surface area contributed by atoms with Gasteiger partial charge in [0.2, 0.25) is 0 Å². The molecule has 4 heteroatoms. The standard InChI is InChI=1S/C11H14BrN3/c1-6(2)9-10(13)7(12)4-8-11(9)14-5-15(8)3/h4-6H,13H2,1-3H3. The van der Waals surface area contributed by atoms with Gasteiger partial charge in [-0.15, -0.1) is 0 Å². The second-order valence-electron chi connectivity index (χ2n) is 4.06. The van der Waals surface area contributed by atoms with Crippen LogP contribution in [0, 0.1) is 0 Å². The smallest absolute Gasteiger partial charge is 0.0955 e. The van der Waals surface area contributed by atoms with Crippen LogP contribution in [0.2, 0.25) is 0 Å².